The molecule has 2 aromatic carbocycles. The van der Waals surface area contributed by atoms with E-state index in [1.807, 2.05) is 0 Å². The molecule has 1 N–H and O–H groups in total. The fourth-order valence-corrected chi connectivity index (χ4v) is 1.77. The van der Waals surface area contributed by atoms with E-state index in [-0.39, 0.29) is 11.9 Å². The van der Waals surface area contributed by atoms with Gasteiger partial charge >= 0.3 is 5.97 Å². The first-order chi connectivity index (χ1) is 10.1. The minimum Gasteiger partial charge on any atom is -0.426 e. The van der Waals surface area contributed by atoms with E-state index in [0.717, 1.165) is 0 Å². The predicted octanol–water partition coefficient (Wildman–Crippen LogP) is 3.91. The molecule has 0 saturated heterocycles. The summed E-state index contributed by atoms with van der Waals surface area (Å²) in [6.07, 6.45) is 0.293. The lowest BCUT2D eigenvalue weighted by molar-refractivity contribution is -0.134. The first-order valence-corrected chi connectivity index (χ1v) is 6.84. The number of nitrogens with one attached hydrogen (secondary N) is 1. The largest absolute Gasteiger partial charge is 0.426 e. The topological polar surface area (TPSA) is 55.4 Å². The highest BCUT2D eigenvalue weighted by Crippen LogP contribution is 2.19. The summed E-state index contributed by atoms with van der Waals surface area (Å²) in [7, 11) is 0. The zero-order valence-corrected chi connectivity index (χ0v) is 12.2. The van der Waals surface area contributed by atoms with E-state index in [9.17, 15) is 9.59 Å². The van der Waals surface area contributed by atoms with Crippen molar-refractivity contribution in [1.82, 2.24) is 0 Å². The second kappa shape index (κ2) is 6.90. The van der Waals surface area contributed by atoms with Crippen molar-refractivity contribution in [1.29, 1.82) is 0 Å². The van der Waals surface area contributed by atoms with Crippen LogP contribution in [-0.4, -0.2) is 11.9 Å². The molecule has 0 spiro atoms. The lowest BCUT2D eigenvalue weighted by Crippen LogP contribution is -2.12. The molecule has 0 radical (unpaired) electrons. The van der Waals surface area contributed by atoms with Crippen LogP contribution in [0.25, 0.3) is 0 Å². The van der Waals surface area contributed by atoms with Crippen molar-refractivity contribution >= 4 is 29.2 Å². The predicted molar refractivity (Wildman–Crippen MR) is 81.8 cm³/mol. The molecule has 0 aliphatic heterocycles. The number of hydrogen-bond donors (Lipinski definition) is 1. The van der Waals surface area contributed by atoms with Gasteiger partial charge in [-0.3, -0.25) is 9.59 Å². The number of anilines is 1. The number of ether oxygens (including phenoxy) is 1. The van der Waals surface area contributed by atoms with Gasteiger partial charge in [0, 0.05) is 28.8 Å². The molecule has 2 rings (SSSR count). The number of carbonyl (C=O) groups excluding carboxylic acids is 2. The first kappa shape index (κ1) is 15.1. The van der Waals surface area contributed by atoms with Gasteiger partial charge in [0.25, 0.3) is 5.91 Å². The van der Waals surface area contributed by atoms with Crippen LogP contribution in [-0.2, 0) is 4.79 Å². The number of hydrogen-bond acceptors (Lipinski definition) is 3. The van der Waals surface area contributed by atoms with Crippen LogP contribution in [0.15, 0.2) is 48.5 Å². The van der Waals surface area contributed by atoms with E-state index in [0.29, 0.717) is 28.4 Å². The molecule has 4 nitrogen and oxygen atoms in total. The summed E-state index contributed by atoms with van der Waals surface area (Å²) in [6.45, 7) is 1.72. The minimum atomic E-state index is -0.323. The maximum atomic E-state index is 12.1. The van der Waals surface area contributed by atoms with Gasteiger partial charge in [-0.05, 0) is 36.4 Å². The number of halogens is 1. The molecule has 2 aromatic rings. The zero-order chi connectivity index (χ0) is 15.2. The Morgan fingerprint density at radius 2 is 1.86 bits per heavy atom. The normalized spacial score (nSPS) is 10.0. The van der Waals surface area contributed by atoms with Gasteiger partial charge in [0.1, 0.15) is 5.75 Å². The molecule has 21 heavy (non-hydrogen) atoms. The second-order valence-corrected chi connectivity index (χ2v) is 4.75. The molecule has 0 unspecified atom stereocenters. The highest BCUT2D eigenvalue weighted by atomic mass is 35.5. The number of carbonyl (C=O) groups is 2. The summed E-state index contributed by atoms with van der Waals surface area (Å²) in [4.78, 5) is 23.3. The quantitative estimate of drug-likeness (QED) is 0.688. The summed E-state index contributed by atoms with van der Waals surface area (Å²) in [6, 6.07) is 13.3. The van der Waals surface area contributed by atoms with Gasteiger partial charge in [-0.15, -0.1) is 0 Å². The van der Waals surface area contributed by atoms with Gasteiger partial charge in [-0.1, -0.05) is 24.6 Å². The van der Waals surface area contributed by atoms with Crippen LogP contribution in [0, 0.1) is 0 Å². The van der Waals surface area contributed by atoms with Gasteiger partial charge < -0.3 is 10.1 Å². The van der Waals surface area contributed by atoms with Crippen molar-refractivity contribution in [3.63, 3.8) is 0 Å². The standard InChI is InChI=1S/C16H14ClNO3/c1-2-15(19)21-14-5-3-4-13(10-14)18-16(20)11-6-8-12(17)9-7-11/h3-10H,2H2,1H3,(H,18,20). The van der Waals surface area contributed by atoms with Gasteiger partial charge in [0.2, 0.25) is 0 Å². The Morgan fingerprint density at radius 1 is 1.14 bits per heavy atom. The molecule has 5 heteroatoms. The van der Waals surface area contributed by atoms with Crippen LogP contribution < -0.4 is 10.1 Å². The summed E-state index contributed by atoms with van der Waals surface area (Å²) >= 11 is 5.78. The third-order valence-electron chi connectivity index (χ3n) is 2.72. The van der Waals surface area contributed by atoms with Crippen LogP contribution >= 0.6 is 11.6 Å². The molecular weight excluding hydrogens is 290 g/mol. The molecule has 1 amide bonds. The Morgan fingerprint density at radius 3 is 2.52 bits per heavy atom. The molecule has 108 valence electrons. The Hall–Kier alpha value is -2.33. The summed E-state index contributed by atoms with van der Waals surface area (Å²) in [5.41, 5.74) is 1.05. The van der Waals surface area contributed by atoms with Crippen LogP contribution in [0.3, 0.4) is 0 Å². The molecule has 0 fully saturated rings. The summed E-state index contributed by atoms with van der Waals surface area (Å²) in [5.74, 6) is -0.183. The van der Waals surface area contributed by atoms with Gasteiger partial charge in [-0.25, -0.2) is 0 Å². The average Bonchev–Trinajstić information content (AvgIpc) is 2.48. The fraction of sp³-hybridized carbons (Fsp3) is 0.125. The molecular formula is C16H14ClNO3. The monoisotopic (exact) mass is 303 g/mol. The van der Waals surface area contributed by atoms with Crippen molar-refractivity contribution in [2.75, 3.05) is 5.32 Å². The van der Waals surface area contributed by atoms with E-state index >= 15 is 0 Å². The Balaban J connectivity index is 2.08. The van der Waals surface area contributed by atoms with Crippen molar-refractivity contribution < 1.29 is 14.3 Å². The molecule has 0 atom stereocenters. The van der Waals surface area contributed by atoms with E-state index in [1.54, 1.807) is 55.5 Å². The molecule has 0 saturated carbocycles. The summed E-state index contributed by atoms with van der Waals surface area (Å²) < 4.78 is 5.10. The van der Waals surface area contributed by atoms with Gasteiger partial charge in [0.05, 0.1) is 0 Å². The summed E-state index contributed by atoms with van der Waals surface area (Å²) in [5, 5.41) is 3.31. The van der Waals surface area contributed by atoms with E-state index in [2.05, 4.69) is 5.32 Å². The van der Waals surface area contributed by atoms with E-state index in [1.165, 1.54) is 0 Å². The van der Waals surface area contributed by atoms with E-state index < -0.39 is 0 Å². The highest BCUT2D eigenvalue weighted by Gasteiger charge is 2.07. The number of esters is 1. The number of rotatable bonds is 4. The molecule has 0 aromatic heterocycles. The van der Waals surface area contributed by atoms with Gasteiger partial charge in [0.15, 0.2) is 0 Å². The van der Waals surface area contributed by atoms with Gasteiger partial charge in [-0.2, -0.15) is 0 Å². The Bertz CT molecular complexity index is 653. The van der Waals surface area contributed by atoms with Crippen molar-refractivity contribution in [3.8, 4) is 5.75 Å². The second-order valence-electron chi connectivity index (χ2n) is 4.32. The Kier molecular flexibility index (Phi) is 4.95. The van der Waals surface area contributed by atoms with Crippen molar-refractivity contribution in [3.05, 3.63) is 59.1 Å². The van der Waals surface area contributed by atoms with Crippen LogP contribution in [0.2, 0.25) is 5.02 Å². The third kappa shape index (κ3) is 4.33. The van der Waals surface area contributed by atoms with Crippen LogP contribution in [0.5, 0.6) is 5.75 Å². The molecule has 0 heterocycles. The SMILES string of the molecule is CCC(=O)Oc1cccc(NC(=O)c2ccc(Cl)cc2)c1. The fourth-order valence-electron chi connectivity index (χ4n) is 1.65. The maximum absolute atomic E-state index is 12.1. The number of amides is 1. The maximum Gasteiger partial charge on any atom is 0.310 e. The van der Waals surface area contributed by atoms with Crippen LogP contribution in [0.1, 0.15) is 23.7 Å². The van der Waals surface area contributed by atoms with Crippen molar-refractivity contribution in [2.45, 2.75) is 13.3 Å². The van der Waals surface area contributed by atoms with E-state index in [4.69, 9.17) is 16.3 Å². The van der Waals surface area contributed by atoms with Crippen molar-refractivity contribution in [2.24, 2.45) is 0 Å². The zero-order valence-electron chi connectivity index (χ0n) is 11.4. The Labute approximate surface area is 127 Å². The molecule has 0 aliphatic rings. The third-order valence-corrected chi connectivity index (χ3v) is 2.97. The lowest BCUT2D eigenvalue weighted by Gasteiger charge is -2.08. The molecule has 0 aliphatic carbocycles. The molecule has 0 bridgehead atoms. The average molecular weight is 304 g/mol. The number of benzene rings is 2. The first-order valence-electron chi connectivity index (χ1n) is 6.46. The minimum absolute atomic E-state index is 0.259. The highest BCUT2D eigenvalue weighted by molar-refractivity contribution is 6.30. The lowest BCUT2D eigenvalue weighted by atomic mass is 10.2. The smallest absolute Gasteiger partial charge is 0.310 e. The van der Waals surface area contributed by atoms with Crippen LogP contribution in [0.4, 0.5) is 5.69 Å².